The predicted molar refractivity (Wildman–Crippen MR) is 82.4 cm³/mol. The van der Waals surface area contributed by atoms with Crippen molar-refractivity contribution in [2.45, 2.75) is 18.9 Å². The molecular formula is C16H12F3N3O4. The number of benzene rings is 1. The standard InChI is InChI=1S/C16H12F3N3O4/c17-16(18,19)25-11-3-1-9(2-4-11)13-6-14(22-26-13)24-12-5-10(15(20)23)7-21-8-12/h1-5,7-8,13H,6H2,(H2,20,23)/t13-/m0/s1. The van der Waals surface area contributed by atoms with Gasteiger partial charge in [0.2, 0.25) is 11.8 Å². The summed E-state index contributed by atoms with van der Waals surface area (Å²) in [7, 11) is 0. The SMILES string of the molecule is NC(=O)c1cncc(OC2=NO[C@H](c3ccc(OC(F)(F)F)cc3)C2)c1. The molecule has 136 valence electrons. The van der Waals surface area contributed by atoms with Crippen LogP contribution >= 0.6 is 0 Å². The van der Waals surface area contributed by atoms with Crippen molar-refractivity contribution in [2.75, 3.05) is 0 Å². The van der Waals surface area contributed by atoms with Crippen LogP contribution in [0.15, 0.2) is 47.9 Å². The van der Waals surface area contributed by atoms with Crippen molar-refractivity contribution in [1.82, 2.24) is 4.98 Å². The maximum absolute atomic E-state index is 12.2. The first-order chi connectivity index (χ1) is 12.3. The summed E-state index contributed by atoms with van der Waals surface area (Å²) in [5.41, 5.74) is 5.95. The molecule has 1 amide bonds. The molecule has 0 unspecified atom stereocenters. The van der Waals surface area contributed by atoms with Gasteiger partial charge >= 0.3 is 6.36 Å². The first kappa shape index (κ1) is 17.5. The van der Waals surface area contributed by atoms with Crippen LogP contribution in [0.5, 0.6) is 11.5 Å². The summed E-state index contributed by atoms with van der Waals surface area (Å²) in [4.78, 5) is 20.2. The van der Waals surface area contributed by atoms with Crippen LogP contribution in [0.1, 0.15) is 28.4 Å². The number of ether oxygens (including phenoxy) is 2. The third kappa shape index (κ3) is 4.41. The van der Waals surface area contributed by atoms with Crippen molar-refractivity contribution < 1.29 is 32.3 Å². The number of nitrogens with zero attached hydrogens (tertiary/aromatic N) is 2. The summed E-state index contributed by atoms with van der Waals surface area (Å²) >= 11 is 0. The number of carbonyl (C=O) groups excluding carboxylic acids is 1. The average molecular weight is 367 g/mol. The van der Waals surface area contributed by atoms with E-state index in [2.05, 4.69) is 14.9 Å². The van der Waals surface area contributed by atoms with E-state index in [0.29, 0.717) is 5.56 Å². The highest BCUT2D eigenvalue weighted by molar-refractivity contribution is 5.93. The Morgan fingerprint density at radius 2 is 1.92 bits per heavy atom. The molecule has 1 aliphatic heterocycles. The molecule has 1 aromatic carbocycles. The zero-order valence-corrected chi connectivity index (χ0v) is 13.1. The number of halogens is 3. The number of carbonyl (C=O) groups is 1. The number of oxime groups is 1. The Morgan fingerprint density at radius 1 is 1.19 bits per heavy atom. The van der Waals surface area contributed by atoms with E-state index in [4.69, 9.17) is 15.3 Å². The van der Waals surface area contributed by atoms with Crippen molar-refractivity contribution in [1.29, 1.82) is 0 Å². The zero-order chi connectivity index (χ0) is 18.7. The molecular weight excluding hydrogens is 355 g/mol. The monoisotopic (exact) mass is 367 g/mol. The lowest BCUT2D eigenvalue weighted by molar-refractivity contribution is -0.274. The summed E-state index contributed by atoms with van der Waals surface area (Å²) in [5.74, 6) is -0.482. The van der Waals surface area contributed by atoms with E-state index in [-0.39, 0.29) is 29.4 Å². The highest BCUT2D eigenvalue weighted by Gasteiger charge is 2.31. The number of amides is 1. The Kier molecular flexibility index (Phi) is 4.65. The van der Waals surface area contributed by atoms with Gasteiger partial charge in [-0.2, -0.15) is 0 Å². The molecule has 2 N–H and O–H groups in total. The Morgan fingerprint density at radius 3 is 2.58 bits per heavy atom. The van der Waals surface area contributed by atoms with Crippen molar-refractivity contribution in [3.8, 4) is 11.5 Å². The van der Waals surface area contributed by atoms with Gasteiger partial charge in [-0.25, -0.2) is 0 Å². The molecule has 0 fully saturated rings. The number of rotatable bonds is 4. The number of alkyl halides is 3. The van der Waals surface area contributed by atoms with E-state index in [1.165, 1.54) is 42.7 Å². The summed E-state index contributed by atoms with van der Waals surface area (Å²) in [5, 5.41) is 3.78. The predicted octanol–water partition coefficient (Wildman–Crippen LogP) is 2.93. The molecule has 1 atom stereocenters. The molecule has 2 aromatic rings. The fourth-order valence-corrected chi connectivity index (χ4v) is 2.22. The molecule has 0 saturated heterocycles. The minimum atomic E-state index is -4.75. The Labute approximate surface area is 145 Å². The van der Waals surface area contributed by atoms with Crippen LogP contribution in [-0.4, -0.2) is 23.2 Å². The number of nitrogens with two attached hydrogens (primary N) is 1. The molecule has 2 heterocycles. The Balaban J connectivity index is 1.61. The molecule has 1 aromatic heterocycles. The summed E-state index contributed by atoms with van der Waals surface area (Å²) < 4.78 is 45.8. The summed E-state index contributed by atoms with van der Waals surface area (Å²) in [6.07, 6.45) is -2.33. The molecule has 26 heavy (non-hydrogen) atoms. The lowest BCUT2D eigenvalue weighted by Crippen LogP contribution is -2.17. The van der Waals surface area contributed by atoms with Crippen LogP contribution in [0.3, 0.4) is 0 Å². The van der Waals surface area contributed by atoms with Crippen LogP contribution in [0.2, 0.25) is 0 Å². The third-order valence-corrected chi connectivity index (χ3v) is 3.36. The number of hydrogen-bond donors (Lipinski definition) is 1. The fraction of sp³-hybridized carbons (Fsp3) is 0.188. The molecule has 0 aliphatic carbocycles. The van der Waals surface area contributed by atoms with Crippen LogP contribution in [0.25, 0.3) is 0 Å². The van der Waals surface area contributed by atoms with E-state index in [0.717, 1.165) is 0 Å². The van der Waals surface area contributed by atoms with E-state index in [1.807, 2.05) is 0 Å². The molecule has 0 bridgehead atoms. The minimum absolute atomic E-state index is 0.179. The highest BCUT2D eigenvalue weighted by atomic mass is 19.4. The number of primary amides is 1. The first-order valence-electron chi connectivity index (χ1n) is 7.31. The average Bonchev–Trinajstić information content (AvgIpc) is 3.03. The second-order valence-corrected chi connectivity index (χ2v) is 5.28. The molecule has 10 heteroatoms. The van der Waals surface area contributed by atoms with Gasteiger partial charge in [-0.15, -0.1) is 13.2 Å². The van der Waals surface area contributed by atoms with Gasteiger partial charge in [-0.3, -0.25) is 9.78 Å². The third-order valence-electron chi connectivity index (χ3n) is 3.36. The Bertz CT molecular complexity index is 837. The molecule has 0 saturated carbocycles. The summed E-state index contributed by atoms with van der Waals surface area (Å²) in [6, 6.07) is 6.67. The van der Waals surface area contributed by atoms with Gasteiger partial charge in [0.25, 0.3) is 0 Å². The van der Waals surface area contributed by atoms with Crippen molar-refractivity contribution in [3.63, 3.8) is 0 Å². The lowest BCUT2D eigenvalue weighted by Gasteiger charge is -2.11. The summed E-state index contributed by atoms with van der Waals surface area (Å²) in [6.45, 7) is 0. The molecule has 0 spiro atoms. The molecule has 7 nitrogen and oxygen atoms in total. The van der Waals surface area contributed by atoms with Gasteiger partial charge < -0.3 is 20.0 Å². The topological polar surface area (TPSA) is 96.0 Å². The van der Waals surface area contributed by atoms with Gasteiger partial charge in [0.15, 0.2) is 6.10 Å². The maximum Gasteiger partial charge on any atom is 0.573 e. The van der Waals surface area contributed by atoms with Gasteiger partial charge in [-0.05, 0) is 23.8 Å². The number of hydrogen-bond acceptors (Lipinski definition) is 6. The molecule has 0 radical (unpaired) electrons. The minimum Gasteiger partial charge on any atom is -0.438 e. The molecule has 1 aliphatic rings. The highest BCUT2D eigenvalue weighted by Crippen LogP contribution is 2.30. The Hall–Kier alpha value is -3.30. The van der Waals surface area contributed by atoms with Crippen LogP contribution in [0, 0.1) is 0 Å². The smallest absolute Gasteiger partial charge is 0.438 e. The molecule has 3 rings (SSSR count). The number of aromatic nitrogens is 1. The maximum atomic E-state index is 12.2. The second-order valence-electron chi connectivity index (χ2n) is 5.28. The first-order valence-corrected chi connectivity index (χ1v) is 7.31. The van der Waals surface area contributed by atoms with Crippen molar-refractivity contribution in [3.05, 3.63) is 53.9 Å². The van der Waals surface area contributed by atoms with Crippen molar-refractivity contribution in [2.24, 2.45) is 10.9 Å². The van der Waals surface area contributed by atoms with E-state index in [1.54, 1.807) is 0 Å². The fourth-order valence-electron chi connectivity index (χ4n) is 2.22. The van der Waals surface area contributed by atoms with Gasteiger partial charge in [-0.1, -0.05) is 17.3 Å². The van der Waals surface area contributed by atoms with Gasteiger partial charge in [0.1, 0.15) is 11.5 Å². The van der Waals surface area contributed by atoms with Gasteiger partial charge in [0, 0.05) is 6.20 Å². The largest absolute Gasteiger partial charge is 0.573 e. The zero-order valence-electron chi connectivity index (χ0n) is 13.1. The van der Waals surface area contributed by atoms with E-state index < -0.39 is 18.4 Å². The van der Waals surface area contributed by atoms with Gasteiger partial charge in [0.05, 0.1) is 18.2 Å². The normalized spacial score (nSPS) is 16.6. The number of pyridine rings is 1. The van der Waals surface area contributed by atoms with Crippen LogP contribution in [-0.2, 0) is 4.84 Å². The lowest BCUT2D eigenvalue weighted by atomic mass is 10.1. The second kappa shape index (κ2) is 6.90. The van der Waals surface area contributed by atoms with E-state index >= 15 is 0 Å². The van der Waals surface area contributed by atoms with E-state index in [9.17, 15) is 18.0 Å². The van der Waals surface area contributed by atoms with Crippen LogP contribution < -0.4 is 15.2 Å². The van der Waals surface area contributed by atoms with Crippen LogP contribution in [0.4, 0.5) is 13.2 Å². The quantitative estimate of drug-likeness (QED) is 0.896. The van der Waals surface area contributed by atoms with Crippen molar-refractivity contribution >= 4 is 11.8 Å².